The predicted octanol–water partition coefficient (Wildman–Crippen LogP) is 3.24. The predicted molar refractivity (Wildman–Crippen MR) is 66.5 cm³/mol. The van der Waals surface area contributed by atoms with Crippen LogP contribution in [0.1, 0.15) is 18.9 Å². The molecule has 0 radical (unpaired) electrons. The molecular weight excluding hydrogens is 257 g/mol. The summed E-state index contributed by atoms with van der Waals surface area (Å²) in [4.78, 5) is 11.5. The number of benzene rings is 1. The van der Waals surface area contributed by atoms with Gasteiger partial charge in [0.25, 0.3) is 0 Å². The van der Waals surface area contributed by atoms with Gasteiger partial charge in [-0.25, -0.2) is 4.79 Å². The van der Waals surface area contributed by atoms with Gasteiger partial charge in [-0.2, -0.15) is 13.2 Å². The molecular formula is C13H13F3N2O. The molecule has 102 valence electrons. The second-order valence-corrected chi connectivity index (χ2v) is 3.77. The molecule has 3 nitrogen and oxygen atoms in total. The summed E-state index contributed by atoms with van der Waals surface area (Å²) >= 11 is 0. The van der Waals surface area contributed by atoms with E-state index in [4.69, 9.17) is 6.42 Å². The summed E-state index contributed by atoms with van der Waals surface area (Å²) in [5, 5.41) is 4.54. The first kappa shape index (κ1) is 14.9. The smallest absolute Gasteiger partial charge is 0.324 e. The Balaban J connectivity index is 2.84. The van der Waals surface area contributed by atoms with Crippen LogP contribution in [0.25, 0.3) is 0 Å². The van der Waals surface area contributed by atoms with Gasteiger partial charge in [-0.05, 0) is 18.6 Å². The Morgan fingerprint density at radius 3 is 2.58 bits per heavy atom. The minimum absolute atomic E-state index is 0.306. The van der Waals surface area contributed by atoms with E-state index in [-0.39, 0.29) is 5.69 Å². The summed E-state index contributed by atoms with van der Waals surface area (Å²) in [7, 11) is 0. The number of halogens is 3. The summed E-state index contributed by atoms with van der Waals surface area (Å²) < 4.78 is 38.1. The molecule has 0 aliphatic carbocycles. The second-order valence-electron chi connectivity index (χ2n) is 3.77. The highest BCUT2D eigenvalue weighted by Gasteiger charge is 2.33. The first-order valence-corrected chi connectivity index (χ1v) is 5.58. The molecule has 19 heavy (non-hydrogen) atoms. The van der Waals surface area contributed by atoms with Crippen LogP contribution in [0.5, 0.6) is 0 Å². The lowest BCUT2D eigenvalue weighted by atomic mass is 10.1. The number of rotatable bonds is 3. The number of para-hydroxylation sites is 1. The Labute approximate surface area is 109 Å². The fourth-order valence-corrected chi connectivity index (χ4v) is 1.42. The van der Waals surface area contributed by atoms with Crippen molar-refractivity contribution in [3.05, 3.63) is 29.8 Å². The van der Waals surface area contributed by atoms with Gasteiger partial charge < -0.3 is 10.6 Å². The van der Waals surface area contributed by atoms with Crippen LogP contribution in [0.2, 0.25) is 0 Å². The third-order valence-corrected chi connectivity index (χ3v) is 2.40. The molecule has 1 rings (SSSR count). The Morgan fingerprint density at radius 1 is 1.42 bits per heavy atom. The molecule has 0 fully saturated rings. The Bertz CT molecular complexity index is 491. The van der Waals surface area contributed by atoms with Crippen LogP contribution in [0.3, 0.4) is 0 Å². The maximum absolute atomic E-state index is 12.7. The molecule has 6 heteroatoms. The number of carbonyl (C=O) groups is 1. The van der Waals surface area contributed by atoms with Crippen molar-refractivity contribution >= 4 is 11.7 Å². The van der Waals surface area contributed by atoms with Crippen molar-refractivity contribution in [3.8, 4) is 12.3 Å². The summed E-state index contributed by atoms with van der Waals surface area (Å²) in [6.07, 6.45) is 1.11. The highest BCUT2D eigenvalue weighted by Crippen LogP contribution is 2.34. The molecule has 0 aliphatic rings. The van der Waals surface area contributed by atoms with E-state index in [9.17, 15) is 18.0 Å². The number of alkyl halides is 3. The fourth-order valence-electron chi connectivity index (χ4n) is 1.42. The SMILES string of the molecule is C#CC(CC)NC(=O)Nc1ccccc1C(F)(F)F. The molecule has 1 atom stereocenters. The first-order chi connectivity index (χ1) is 8.88. The van der Waals surface area contributed by atoms with Crippen molar-refractivity contribution in [2.45, 2.75) is 25.6 Å². The van der Waals surface area contributed by atoms with Gasteiger partial charge in [-0.1, -0.05) is 25.0 Å². The molecule has 2 amide bonds. The van der Waals surface area contributed by atoms with Gasteiger partial charge in [0.1, 0.15) is 0 Å². The average Bonchev–Trinajstić information content (AvgIpc) is 2.35. The minimum atomic E-state index is -4.53. The molecule has 0 aliphatic heterocycles. The zero-order valence-corrected chi connectivity index (χ0v) is 10.2. The number of amides is 2. The molecule has 0 bridgehead atoms. The van der Waals surface area contributed by atoms with E-state index in [0.717, 1.165) is 6.07 Å². The summed E-state index contributed by atoms with van der Waals surface area (Å²) in [5.41, 5.74) is -1.21. The molecule has 0 saturated heterocycles. The van der Waals surface area contributed by atoms with Gasteiger partial charge in [0, 0.05) is 0 Å². The van der Waals surface area contributed by atoms with Crippen molar-refractivity contribution in [3.63, 3.8) is 0 Å². The van der Waals surface area contributed by atoms with Crippen LogP contribution in [-0.4, -0.2) is 12.1 Å². The van der Waals surface area contributed by atoms with Crippen molar-refractivity contribution < 1.29 is 18.0 Å². The number of carbonyl (C=O) groups excluding carboxylic acids is 1. The zero-order chi connectivity index (χ0) is 14.5. The van der Waals surface area contributed by atoms with Crippen LogP contribution in [-0.2, 0) is 6.18 Å². The lowest BCUT2D eigenvalue weighted by Gasteiger charge is -2.15. The van der Waals surface area contributed by atoms with Crippen LogP contribution in [0, 0.1) is 12.3 Å². The third-order valence-electron chi connectivity index (χ3n) is 2.40. The van der Waals surface area contributed by atoms with Gasteiger partial charge in [0.15, 0.2) is 0 Å². The summed E-state index contributed by atoms with van der Waals surface area (Å²) in [6.45, 7) is 1.76. The highest BCUT2D eigenvalue weighted by atomic mass is 19.4. The number of hydrogen-bond acceptors (Lipinski definition) is 1. The number of terminal acetylenes is 1. The van der Waals surface area contributed by atoms with Crippen molar-refractivity contribution in [1.82, 2.24) is 5.32 Å². The normalized spacial score (nSPS) is 12.4. The number of anilines is 1. The maximum Gasteiger partial charge on any atom is 0.418 e. The average molecular weight is 270 g/mol. The molecule has 2 N–H and O–H groups in total. The topological polar surface area (TPSA) is 41.1 Å². The van der Waals surface area contributed by atoms with Gasteiger partial charge in [0.05, 0.1) is 17.3 Å². The monoisotopic (exact) mass is 270 g/mol. The number of hydrogen-bond donors (Lipinski definition) is 2. The zero-order valence-electron chi connectivity index (χ0n) is 10.2. The van der Waals surface area contributed by atoms with Crippen LogP contribution >= 0.6 is 0 Å². The molecule has 0 saturated carbocycles. The Kier molecular flexibility index (Phi) is 4.81. The quantitative estimate of drug-likeness (QED) is 0.813. The molecule has 1 aromatic carbocycles. The lowest BCUT2D eigenvalue weighted by molar-refractivity contribution is -0.136. The lowest BCUT2D eigenvalue weighted by Crippen LogP contribution is -2.37. The highest BCUT2D eigenvalue weighted by molar-refractivity contribution is 5.90. The molecule has 0 aromatic heterocycles. The third kappa shape index (κ3) is 4.21. The van der Waals surface area contributed by atoms with Crippen molar-refractivity contribution in [2.24, 2.45) is 0 Å². The van der Waals surface area contributed by atoms with E-state index in [1.54, 1.807) is 6.92 Å². The molecule has 0 spiro atoms. The van der Waals surface area contributed by atoms with E-state index in [1.807, 2.05) is 0 Å². The standard InChI is InChI=1S/C13H13F3N2O/c1-3-9(4-2)17-12(19)18-11-8-6-5-7-10(11)13(14,15)16/h1,5-9H,4H2,2H3,(H2,17,18,19). The van der Waals surface area contributed by atoms with Gasteiger partial charge in [0.2, 0.25) is 0 Å². The van der Waals surface area contributed by atoms with Crippen molar-refractivity contribution in [2.75, 3.05) is 5.32 Å². The van der Waals surface area contributed by atoms with Crippen molar-refractivity contribution in [1.29, 1.82) is 0 Å². The summed E-state index contributed by atoms with van der Waals surface area (Å²) in [5.74, 6) is 2.32. The Hall–Kier alpha value is -2.16. The van der Waals surface area contributed by atoms with Crippen LogP contribution in [0.4, 0.5) is 23.7 Å². The van der Waals surface area contributed by atoms with Crippen LogP contribution < -0.4 is 10.6 Å². The Morgan fingerprint density at radius 2 is 2.05 bits per heavy atom. The second kappa shape index (κ2) is 6.14. The number of urea groups is 1. The van der Waals surface area contributed by atoms with Gasteiger partial charge in [-0.3, -0.25) is 0 Å². The summed E-state index contributed by atoms with van der Waals surface area (Å²) in [6, 6.07) is 3.46. The van der Waals surface area contributed by atoms with Crippen LogP contribution in [0.15, 0.2) is 24.3 Å². The van der Waals surface area contributed by atoms with E-state index >= 15 is 0 Å². The molecule has 1 aromatic rings. The molecule has 0 heterocycles. The van der Waals surface area contributed by atoms with E-state index in [2.05, 4.69) is 16.6 Å². The molecule has 1 unspecified atom stereocenters. The maximum atomic E-state index is 12.7. The van der Waals surface area contributed by atoms with E-state index in [1.165, 1.54) is 18.2 Å². The van der Waals surface area contributed by atoms with E-state index < -0.39 is 23.8 Å². The first-order valence-electron chi connectivity index (χ1n) is 5.58. The van der Waals surface area contributed by atoms with Gasteiger partial charge >= 0.3 is 12.2 Å². The minimum Gasteiger partial charge on any atom is -0.324 e. The fraction of sp³-hybridized carbons (Fsp3) is 0.308. The number of nitrogens with one attached hydrogen (secondary N) is 2. The largest absolute Gasteiger partial charge is 0.418 e. The van der Waals surface area contributed by atoms with E-state index in [0.29, 0.717) is 6.42 Å². The van der Waals surface area contributed by atoms with Gasteiger partial charge in [-0.15, -0.1) is 6.42 Å².